The summed E-state index contributed by atoms with van der Waals surface area (Å²) in [5, 5.41) is 0. The van der Waals surface area contributed by atoms with Gasteiger partial charge < -0.3 is 9.15 Å². The van der Waals surface area contributed by atoms with E-state index < -0.39 is 11.6 Å². The third-order valence-electron chi connectivity index (χ3n) is 3.53. The predicted molar refractivity (Wildman–Crippen MR) is 72.7 cm³/mol. The van der Waals surface area contributed by atoms with E-state index in [1.54, 1.807) is 6.92 Å². The lowest BCUT2D eigenvalue weighted by Gasteiger charge is -2.25. The van der Waals surface area contributed by atoms with Crippen molar-refractivity contribution in [3.05, 3.63) is 41.3 Å². The number of aromatic nitrogens is 1. The molecule has 1 aliphatic heterocycles. The van der Waals surface area contributed by atoms with Crippen molar-refractivity contribution >= 4 is 0 Å². The fraction of sp³-hybridized carbons (Fsp3) is 0.400. The Kier molecular flexibility index (Phi) is 3.98. The minimum Gasteiger partial charge on any atom is -0.441 e. The van der Waals surface area contributed by atoms with Crippen LogP contribution in [-0.4, -0.2) is 36.2 Å². The third kappa shape index (κ3) is 3.11. The second-order valence-corrected chi connectivity index (χ2v) is 5.03. The molecule has 2 heterocycles. The van der Waals surface area contributed by atoms with Gasteiger partial charge in [-0.15, -0.1) is 0 Å². The molecule has 0 radical (unpaired) electrons. The van der Waals surface area contributed by atoms with E-state index in [4.69, 9.17) is 9.15 Å². The van der Waals surface area contributed by atoms with Crippen molar-refractivity contribution in [3.63, 3.8) is 0 Å². The summed E-state index contributed by atoms with van der Waals surface area (Å²) in [7, 11) is 0. The van der Waals surface area contributed by atoms with Gasteiger partial charge in [-0.05, 0) is 25.1 Å². The molecule has 1 aromatic carbocycles. The zero-order valence-corrected chi connectivity index (χ0v) is 11.7. The first-order valence-corrected chi connectivity index (χ1v) is 6.85. The van der Waals surface area contributed by atoms with Gasteiger partial charge in [0.05, 0.1) is 24.5 Å². The molecule has 1 saturated heterocycles. The standard InChI is InChI=1S/C15H16F2N2O2/c1-10-14(9-19-4-6-20-7-5-19)18-15(21-10)12-8-11(16)2-3-13(12)17/h2-3,8H,4-7,9H2,1H3. The number of hydrogen-bond acceptors (Lipinski definition) is 4. The Bertz CT molecular complexity index is 637. The van der Waals surface area contributed by atoms with Crippen LogP contribution in [0.4, 0.5) is 8.78 Å². The van der Waals surface area contributed by atoms with Crippen LogP contribution in [0, 0.1) is 18.6 Å². The van der Waals surface area contributed by atoms with Gasteiger partial charge in [-0.2, -0.15) is 0 Å². The molecule has 0 saturated carbocycles. The average Bonchev–Trinajstić information content (AvgIpc) is 2.84. The monoisotopic (exact) mass is 294 g/mol. The zero-order valence-electron chi connectivity index (χ0n) is 11.7. The zero-order chi connectivity index (χ0) is 14.8. The Morgan fingerprint density at radius 3 is 2.76 bits per heavy atom. The second kappa shape index (κ2) is 5.91. The lowest BCUT2D eigenvalue weighted by atomic mass is 10.2. The van der Waals surface area contributed by atoms with Gasteiger partial charge in [0, 0.05) is 19.6 Å². The number of halogens is 2. The summed E-state index contributed by atoms with van der Waals surface area (Å²) in [5.41, 5.74) is 0.793. The van der Waals surface area contributed by atoms with E-state index in [1.165, 1.54) is 0 Å². The number of nitrogens with zero attached hydrogens (tertiary/aromatic N) is 2. The number of ether oxygens (including phenoxy) is 1. The van der Waals surface area contributed by atoms with Crippen LogP contribution in [0.15, 0.2) is 22.6 Å². The molecular weight excluding hydrogens is 278 g/mol. The number of morpholine rings is 1. The topological polar surface area (TPSA) is 38.5 Å². The Hall–Kier alpha value is -1.79. The molecule has 0 spiro atoms. The average molecular weight is 294 g/mol. The smallest absolute Gasteiger partial charge is 0.229 e. The molecule has 2 aromatic rings. The molecule has 21 heavy (non-hydrogen) atoms. The number of oxazole rings is 1. The van der Waals surface area contributed by atoms with E-state index in [0.29, 0.717) is 25.5 Å². The van der Waals surface area contributed by atoms with Gasteiger partial charge in [0.15, 0.2) is 0 Å². The summed E-state index contributed by atoms with van der Waals surface area (Å²) in [5.74, 6) is -0.319. The molecular formula is C15H16F2N2O2. The normalized spacial score (nSPS) is 16.3. The van der Waals surface area contributed by atoms with Crippen molar-refractivity contribution in [2.24, 2.45) is 0 Å². The Balaban J connectivity index is 1.85. The lowest BCUT2D eigenvalue weighted by Crippen LogP contribution is -2.35. The molecule has 6 heteroatoms. The van der Waals surface area contributed by atoms with Crippen LogP contribution in [0.25, 0.3) is 11.5 Å². The van der Waals surface area contributed by atoms with E-state index in [-0.39, 0.29) is 11.5 Å². The largest absolute Gasteiger partial charge is 0.441 e. The Morgan fingerprint density at radius 2 is 2.00 bits per heavy atom. The Morgan fingerprint density at radius 1 is 1.24 bits per heavy atom. The molecule has 0 bridgehead atoms. The van der Waals surface area contributed by atoms with Crippen molar-refractivity contribution in [2.45, 2.75) is 13.5 Å². The Labute approximate surface area is 121 Å². The molecule has 4 nitrogen and oxygen atoms in total. The molecule has 112 valence electrons. The lowest BCUT2D eigenvalue weighted by molar-refractivity contribution is 0.0335. The summed E-state index contributed by atoms with van der Waals surface area (Å²) >= 11 is 0. The molecule has 0 unspecified atom stereocenters. The van der Waals surface area contributed by atoms with E-state index in [1.807, 2.05) is 0 Å². The predicted octanol–water partition coefficient (Wildman–Crippen LogP) is 2.76. The maximum atomic E-state index is 13.8. The maximum absolute atomic E-state index is 13.8. The van der Waals surface area contributed by atoms with Crippen LogP contribution in [0.3, 0.4) is 0 Å². The number of hydrogen-bond donors (Lipinski definition) is 0. The first kappa shape index (κ1) is 14.2. The molecule has 0 atom stereocenters. The molecule has 0 N–H and O–H groups in total. The fourth-order valence-electron chi connectivity index (χ4n) is 2.32. The van der Waals surface area contributed by atoms with Gasteiger partial charge in [0.25, 0.3) is 0 Å². The highest BCUT2D eigenvalue weighted by atomic mass is 19.1. The summed E-state index contributed by atoms with van der Waals surface area (Å²) in [4.78, 5) is 6.51. The van der Waals surface area contributed by atoms with Crippen molar-refractivity contribution in [1.82, 2.24) is 9.88 Å². The van der Waals surface area contributed by atoms with Gasteiger partial charge in [-0.3, -0.25) is 4.90 Å². The van der Waals surface area contributed by atoms with Crippen LogP contribution in [0.2, 0.25) is 0 Å². The molecule has 1 aromatic heterocycles. The second-order valence-electron chi connectivity index (χ2n) is 5.03. The van der Waals surface area contributed by atoms with Gasteiger partial charge in [0.2, 0.25) is 5.89 Å². The van der Waals surface area contributed by atoms with Crippen molar-refractivity contribution < 1.29 is 17.9 Å². The van der Waals surface area contributed by atoms with Crippen LogP contribution < -0.4 is 0 Å². The van der Waals surface area contributed by atoms with Crippen LogP contribution in [0.1, 0.15) is 11.5 Å². The van der Waals surface area contributed by atoms with Crippen molar-refractivity contribution in [1.29, 1.82) is 0 Å². The number of aryl methyl sites for hydroxylation is 1. The SMILES string of the molecule is Cc1oc(-c2cc(F)ccc2F)nc1CN1CCOCC1. The summed E-state index contributed by atoms with van der Waals surface area (Å²) < 4.78 is 37.8. The van der Waals surface area contributed by atoms with Gasteiger partial charge in [-0.1, -0.05) is 0 Å². The van der Waals surface area contributed by atoms with Gasteiger partial charge >= 0.3 is 0 Å². The highest BCUT2D eigenvalue weighted by Gasteiger charge is 2.18. The molecule has 0 amide bonds. The number of rotatable bonds is 3. The van der Waals surface area contributed by atoms with Crippen LogP contribution in [0.5, 0.6) is 0 Å². The van der Waals surface area contributed by atoms with Crippen molar-refractivity contribution in [2.75, 3.05) is 26.3 Å². The first-order chi connectivity index (χ1) is 10.1. The maximum Gasteiger partial charge on any atom is 0.229 e. The van der Waals surface area contributed by atoms with Gasteiger partial charge in [-0.25, -0.2) is 13.8 Å². The summed E-state index contributed by atoms with van der Waals surface area (Å²) in [6, 6.07) is 3.24. The minimum absolute atomic E-state index is 0.0475. The summed E-state index contributed by atoms with van der Waals surface area (Å²) in [6.45, 7) is 5.45. The first-order valence-electron chi connectivity index (χ1n) is 6.85. The fourth-order valence-corrected chi connectivity index (χ4v) is 2.32. The third-order valence-corrected chi connectivity index (χ3v) is 3.53. The summed E-state index contributed by atoms with van der Waals surface area (Å²) in [6.07, 6.45) is 0. The van der Waals surface area contributed by atoms with Crippen LogP contribution >= 0.6 is 0 Å². The molecule has 3 rings (SSSR count). The van der Waals surface area contributed by atoms with E-state index >= 15 is 0 Å². The van der Waals surface area contributed by atoms with E-state index in [2.05, 4.69) is 9.88 Å². The minimum atomic E-state index is -0.546. The molecule has 1 aliphatic rings. The van der Waals surface area contributed by atoms with E-state index in [0.717, 1.165) is 37.0 Å². The molecule has 1 fully saturated rings. The number of benzene rings is 1. The quantitative estimate of drug-likeness (QED) is 0.872. The highest BCUT2D eigenvalue weighted by molar-refractivity contribution is 5.54. The van der Waals surface area contributed by atoms with Crippen molar-refractivity contribution in [3.8, 4) is 11.5 Å². The molecule has 0 aliphatic carbocycles. The highest BCUT2D eigenvalue weighted by Crippen LogP contribution is 2.26. The van der Waals surface area contributed by atoms with Crippen LogP contribution in [-0.2, 0) is 11.3 Å². The van der Waals surface area contributed by atoms with E-state index in [9.17, 15) is 8.78 Å². The van der Waals surface area contributed by atoms with Gasteiger partial charge in [0.1, 0.15) is 17.4 Å².